The molecule has 0 radical (unpaired) electrons. The van der Waals surface area contributed by atoms with E-state index >= 15 is 0 Å². The van der Waals surface area contributed by atoms with Crippen molar-refractivity contribution >= 4 is 5.91 Å². The lowest BCUT2D eigenvalue weighted by Gasteiger charge is -2.28. The number of morpholine rings is 1. The lowest BCUT2D eigenvalue weighted by Crippen LogP contribution is -2.41. The van der Waals surface area contributed by atoms with Crippen molar-refractivity contribution in [2.75, 3.05) is 53.0 Å². The van der Waals surface area contributed by atoms with Gasteiger partial charge in [0.05, 0.1) is 13.2 Å². The van der Waals surface area contributed by atoms with Crippen LogP contribution in [0.5, 0.6) is 0 Å². The number of nitrogens with two attached hydrogens (primary N) is 1. The van der Waals surface area contributed by atoms with Crippen LogP contribution in [0.3, 0.4) is 0 Å². The van der Waals surface area contributed by atoms with Crippen LogP contribution in [0.2, 0.25) is 0 Å². The average molecular weight is 229 g/mol. The second-order valence-corrected chi connectivity index (χ2v) is 4.16. The summed E-state index contributed by atoms with van der Waals surface area (Å²) in [5.41, 5.74) is 5.37. The first-order valence-corrected chi connectivity index (χ1v) is 5.98. The number of rotatable bonds is 6. The zero-order valence-corrected chi connectivity index (χ0v) is 10.2. The van der Waals surface area contributed by atoms with Gasteiger partial charge in [0.25, 0.3) is 0 Å². The number of carbonyl (C=O) groups excluding carboxylic acids is 1. The zero-order chi connectivity index (χ0) is 11.8. The third-order valence-corrected chi connectivity index (χ3v) is 2.88. The van der Waals surface area contributed by atoms with Crippen LogP contribution >= 0.6 is 0 Å². The molecule has 1 aliphatic heterocycles. The number of nitrogens with zero attached hydrogens (tertiary/aromatic N) is 2. The van der Waals surface area contributed by atoms with Gasteiger partial charge in [-0.05, 0) is 13.0 Å². The van der Waals surface area contributed by atoms with Crippen molar-refractivity contribution in [1.82, 2.24) is 9.80 Å². The van der Waals surface area contributed by atoms with Gasteiger partial charge in [-0.3, -0.25) is 9.69 Å². The summed E-state index contributed by atoms with van der Waals surface area (Å²) in [7, 11) is 1.86. The summed E-state index contributed by atoms with van der Waals surface area (Å²) in [4.78, 5) is 15.7. The Kier molecular flexibility index (Phi) is 6.37. The molecule has 1 heterocycles. The van der Waals surface area contributed by atoms with Crippen LogP contribution in [0.4, 0.5) is 0 Å². The topological polar surface area (TPSA) is 58.8 Å². The van der Waals surface area contributed by atoms with Gasteiger partial charge in [0, 0.05) is 39.6 Å². The largest absolute Gasteiger partial charge is 0.379 e. The number of carbonyl (C=O) groups is 1. The first-order valence-electron chi connectivity index (χ1n) is 5.98. The molecule has 0 aromatic carbocycles. The molecule has 0 atom stereocenters. The standard InChI is InChI=1S/C11H23N3O2/c1-13(11(15)3-2-4-12)5-6-14-7-9-16-10-8-14/h2-10,12H2,1H3. The Hall–Kier alpha value is -0.650. The van der Waals surface area contributed by atoms with E-state index in [0.29, 0.717) is 13.0 Å². The SMILES string of the molecule is CN(CCN1CCOCC1)C(=O)CCCN. The second kappa shape index (κ2) is 7.60. The summed E-state index contributed by atoms with van der Waals surface area (Å²) in [5.74, 6) is 0.193. The van der Waals surface area contributed by atoms with E-state index in [9.17, 15) is 4.79 Å². The molecule has 1 aliphatic rings. The van der Waals surface area contributed by atoms with E-state index in [1.807, 2.05) is 7.05 Å². The van der Waals surface area contributed by atoms with Gasteiger partial charge >= 0.3 is 0 Å². The number of hydrogen-bond donors (Lipinski definition) is 1. The number of ether oxygens (including phenoxy) is 1. The number of likely N-dealkylation sites (N-methyl/N-ethyl adjacent to an activating group) is 1. The Bertz CT molecular complexity index is 205. The smallest absolute Gasteiger partial charge is 0.222 e. The normalized spacial score (nSPS) is 17.4. The molecular weight excluding hydrogens is 206 g/mol. The molecule has 1 fully saturated rings. The van der Waals surface area contributed by atoms with Gasteiger partial charge in [0.15, 0.2) is 0 Å². The molecule has 0 spiro atoms. The summed E-state index contributed by atoms with van der Waals surface area (Å²) < 4.78 is 5.27. The Morgan fingerprint density at radius 3 is 2.75 bits per heavy atom. The van der Waals surface area contributed by atoms with E-state index in [4.69, 9.17) is 10.5 Å². The van der Waals surface area contributed by atoms with E-state index in [-0.39, 0.29) is 5.91 Å². The van der Waals surface area contributed by atoms with Gasteiger partial charge < -0.3 is 15.4 Å². The van der Waals surface area contributed by atoms with Crippen LogP contribution in [0.15, 0.2) is 0 Å². The summed E-state index contributed by atoms with van der Waals surface area (Å²) >= 11 is 0. The van der Waals surface area contributed by atoms with E-state index < -0.39 is 0 Å². The molecule has 0 saturated carbocycles. The van der Waals surface area contributed by atoms with Crippen molar-refractivity contribution < 1.29 is 9.53 Å². The highest BCUT2D eigenvalue weighted by Gasteiger charge is 2.12. The van der Waals surface area contributed by atoms with Gasteiger partial charge in [-0.2, -0.15) is 0 Å². The molecule has 1 amide bonds. The van der Waals surface area contributed by atoms with Crippen molar-refractivity contribution in [3.63, 3.8) is 0 Å². The fraction of sp³-hybridized carbons (Fsp3) is 0.909. The monoisotopic (exact) mass is 229 g/mol. The van der Waals surface area contributed by atoms with E-state index in [2.05, 4.69) is 4.90 Å². The highest BCUT2D eigenvalue weighted by Crippen LogP contribution is 1.99. The Morgan fingerprint density at radius 2 is 2.12 bits per heavy atom. The van der Waals surface area contributed by atoms with Crippen LogP contribution in [0, 0.1) is 0 Å². The van der Waals surface area contributed by atoms with Gasteiger partial charge in [-0.25, -0.2) is 0 Å². The maximum absolute atomic E-state index is 11.6. The third kappa shape index (κ3) is 4.92. The molecule has 0 aromatic heterocycles. The van der Waals surface area contributed by atoms with Crippen LogP contribution in [-0.2, 0) is 9.53 Å². The lowest BCUT2D eigenvalue weighted by atomic mass is 10.3. The van der Waals surface area contributed by atoms with E-state index in [1.165, 1.54) is 0 Å². The Balaban J connectivity index is 2.12. The van der Waals surface area contributed by atoms with Crippen molar-refractivity contribution in [2.45, 2.75) is 12.8 Å². The summed E-state index contributed by atoms with van der Waals surface area (Å²) in [5, 5.41) is 0. The van der Waals surface area contributed by atoms with Crippen LogP contribution in [-0.4, -0.2) is 68.7 Å². The summed E-state index contributed by atoms with van der Waals surface area (Å²) in [6.07, 6.45) is 1.34. The molecule has 16 heavy (non-hydrogen) atoms. The molecule has 5 nitrogen and oxygen atoms in total. The molecular formula is C11H23N3O2. The quantitative estimate of drug-likeness (QED) is 0.668. The molecule has 0 unspecified atom stereocenters. The van der Waals surface area contributed by atoms with Gasteiger partial charge in [-0.1, -0.05) is 0 Å². The molecule has 1 rings (SSSR count). The fourth-order valence-electron chi connectivity index (χ4n) is 1.69. The average Bonchev–Trinajstić information content (AvgIpc) is 2.34. The number of amides is 1. The minimum Gasteiger partial charge on any atom is -0.379 e. The first kappa shape index (κ1) is 13.4. The minimum absolute atomic E-state index is 0.193. The van der Waals surface area contributed by atoms with Crippen molar-refractivity contribution in [1.29, 1.82) is 0 Å². The molecule has 0 aliphatic carbocycles. The molecule has 0 aromatic rings. The Labute approximate surface area is 97.5 Å². The van der Waals surface area contributed by atoms with E-state index in [1.54, 1.807) is 4.90 Å². The molecule has 1 saturated heterocycles. The zero-order valence-electron chi connectivity index (χ0n) is 10.2. The maximum atomic E-state index is 11.6. The highest BCUT2D eigenvalue weighted by atomic mass is 16.5. The van der Waals surface area contributed by atoms with Crippen molar-refractivity contribution in [3.05, 3.63) is 0 Å². The van der Waals surface area contributed by atoms with Gasteiger partial charge in [0.1, 0.15) is 0 Å². The highest BCUT2D eigenvalue weighted by molar-refractivity contribution is 5.75. The first-order chi connectivity index (χ1) is 7.74. The fourth-order valence-corrected chi connectivity index (χ4v) is 1.69. The van der Waals surface area contributed by atoms with Crippen molar-refractivity contribution in [2.24, 2.45) is 5.73 Å². The number of hydrogen-bond acceptors (Lipinski definition) is 4. The molecule has 0 bridgehead atoms. The van der Waals surface area contributed by atoms with Crippen LogP contribution in [0.1, 0.15) is 12.8 Å². The molecule has 94 valence electrons. The molecule has 2 N–H and O–H groups in total. The predicted molar refractivity (Wildman–Crippen MR) is 63.2 cm³/mol. The van der Waals surface area contributed by atoms with Crippen LogP contribution in [0.25, 0.3) is 0 Å². The van der Waals surface area contributed by atoms with E-state index in [0.717, 1.165) is 45.8 Å². The third-order valence-electron chi connectivity index (χ3n) is 2.88. The predicted octanol–water partition coefficient (Wildman–Crippen LogP) is -0.484. The lowest BCUT2D eigenvalue weighted by molar-refractivity contribution is -0.130. The van der Waals surface area contributed by atoms with Gasteiger partial charge in [0.2, 0.25) is 5.91 Å². The van der Waals surface area contributed by atoms with Crippen molar-refractivity contribution in [3.8, 4) is 0 Å². The maximum Gasteiger partial charge on any atom is 0.222 e. The van der Waals surface area contributed by atoms with Crippen LogP contribution < -0.4 is 5.73 Å². The Morgan fingerprint density at radius 1 is 1.44 bits per heavy atom. The summed E-state index contributed by atoms with van der Waals surface area (Å²) in [6, 6.07) is 0. The summed E-state index contributed by atoms with van der Waals surface area (Å²) in [6.45, 7) is 5.89. The molecule has 5 heteroatoms. The van der Waals surface area contributed by atoms with Gasteiger partial charge in [-0.15, -0.1) is 0 Å². The minimum atomic E-state index is 0.193. The second-order valence-electron chi connectivity index (χ2n) is 4.16.